The molecule has 0 saturated heterocycles. The maximum Gasteiger partial charge on any atom is 0.306 e. The molecule has 0 heterocycles. The Balaban J connectivity index is 4.42. The Labute approximate surface area is 331 Å². The molecule has 0 rings (SSSR count). The molecule has 0 N–H and O–H groups in total. The standard InChI is InChI=1S/C44H80NO8P/c1-6-8-10-12-14-16-18-20-21-22-23-25-26-28-30-32-34-36-43(46)50-40-42(41-52-54(48,49)51-39-38-45(3,4)5)53-44(47)37-35-33-31-29-27-24-19-17-15-13-11-9-7-2/h9,11,15,17,24,27,31,33,42H,6-8,10,12-14,16,18-23,25-26,28-30,32,34-41H2,1-5H3/b11-9-,17-15-,27-24-,33-31-. The van der Waals surface area contributed by atoms with Crippen LogP contribution in [0.1, 0.15) is 168 Å². The molecule has 0 fully saturated rings. The monoisotopic (exact) mass is 782 g/mol. The minimum atomic E-state index is -4.64. The molecule has 2 atom stereocenters. The Kier molecular flexibility index (Phi) is 35.2. The molecule has 0 aromatic heterocycles. The minimum absolute atomic E-state index is 0.0437. The van der Waals surface area contributed by atoms with E-state index in [0.717, 1.165) is 44.9 Å². The van der Waals surface area contributed by atoms with Gasteiger partial charge in [0.1, 0.15) is 19.8 Å². The Morgan fingerprint density at radius 1 is 0.593 bits per heavy atom. The molecule has 0 bridgehead atoms. The zero-order valence-electron chi connectivity index (χ0n) is 35.2. The number of hydrogen-bond acceptors (Lipinski definition) is 8. The first-order valence-corrected chi connectivity index (χ1v) is 22.8. The highest BCUT2D eigenvalue weighted by Gasteiger charge is 2.21. The van der Waals surface area contributed by atoms with Crippen molar-refractivity contribution in [2.24, 2.45) is 0 Å². The quantitative estimate of drug-likeness (QED) is 0.0200. The van der Waals surface area contributed by atoms with E-state index in [1.54, 1.807) is 0 Å². The topological polar surface area (TPSA) is 111 Å². The van der Waals surface area contributed by atoms with Gasteiger partial charge in [-0.15, -0.1) is 0 Å². The van der Waals surface area contributed by atoms with Crippen molar-refractivity contribution >= 4 is 19.8 Å². The summed E-state index contributed by atoms with van der Waals surface area (Å²) in [7, 11) is 1.12. The summed E-state index contributed by atoms with van der Waals surface area (Å²) in [6.45, 7) is 4.02. The molecule has 9 nitrogen and oxygen atoms in total. The van der Waals surface area contributed by atoms with E-state index < -0.39 is 32.5 Å². The maximum absolute atomic E-state index is 12.6. The van der Waals surface area contributed by atoms with Crippen molar-refractivity contribution in [2.45, 2.75) is 174 Å². The number of nitrogens with zero attached hydrogens (tertiary/aromatic N) is 1. The summed E-state index contributed by atoms with van der Waals surface area (Å²) in [5.41, 5.74) is 0. The van der Waals surface area contributed by atoms with Crippen LogP contribution in [0.25, 0.3) is 0 Å². The molecule has 10 heteroatoms. The Bertz CT molecular complexity index is 1070. The predicted octanol–water partition coefficient (Wildman–Crippen LogP) is 11.3. The van der Waals surface area contributed by atoms with E-state index in [4.69, 9.17) is 18.5 Å². The molecule has 0 aliphatic heterocycles. The Hall–Kier alpha value is -2.03. The van der Waals surface area contributed by atoms with Crippen molar-refractivity contribution in [3.8, 4) is 0 Å². The second-order valence-electron chi connectivity index (χ2n) is 15.3. The van der Waals surface area contributed by atoms with E-state index in [2.05, 4.69) is 50.3 Å². The molecule has 0 aliphatic carbocycles. The number of unbranched alkanes of at least 4 members (excludes halogenated alkanes) is 16. The number of phosphoric acid groups is 1. The van der Waals surface area contributed by atoms with Crippen LogP contribution in [-0.2, 0) is 32.7 Å². The SMILES string of the molecule is CC/C=C\C/C=C\C/C=C\C/C=C\CCC(=O)OC(COC(=O)CCCCCCCCCCCCCCCCCCC)COP(=O)([O-])OCC[N+](C)(C)C. The zero-order valence-corrected chi connectivity index (χ0v) is 36.0. The number of phosphoric ester groups is 1. The van der Waals surface area contributed by atoms with Crippen LogP contribution in [0.5, 0.6) is 0 Å². The van der Waals surface area contributed by atoms with Crippen LogP contribution < -0.4 is 4.89 Å². The fraction of sp³-hybridized carbons (Fsp3) is 0.773. The lowest BCUT2D eigenvalue weighted by atomic mass is 10.0. The molecule has 2 unspecified atom stereocenters. The molecular formula is C44H80NO8P. The number of carbonyl (C=O) groups is 2. The number of esters is 2. The second kappa shape index (κ2) is 36.6. The van der Waals surface area contributed by atoms with Crippen molar-refractivity contribution < 1.29 is 42.1 Å². The van der Waals surface area contributed by atoms with Gasteiger partial charge in [-0.3, -0.25) is 14.2 Å². The van der Waals surface area contributed by atoms with Crippen molar-refractivity contribution in [3.63, 3.8) is 0 Å². The molecule has 0 saturated carbocycles. The van der Waals surface area contributed by atoms with Crippen molar-refractivity contribution in [1.29, 1.82) is 0 Å². The van der Waals surface area contributed by atoms with Crippen LogP contribution in [0.15, 0.2) is 48.6 Å². The smallest absolute Gasteiger partial charge is 0.306 e. The van der Waals surface area contributed by atoms with Crippen molar-refractivity contribution in [2.75, 3.05) is 47.5 Å². The summed E-state index contributed by atoms with van der Waals surface area (Å²) in [6, 6.07) is 0. The van der Waals surface area contributed by atoms with Gasteiger partial charge < -0.3 is 27.9 Å². The van der Waals surface area contributed by atoms with Crippen LogP contribution in [0.2, 0.25) is 0 Å². The molecule has 54 heavy (non-hydrogen) atoms. The third-order valence-corrected chi connectivity index (χ3v) is 9.84. The first kappa shape index (κ1) is 52.0. The summed E-state index contributed by atoms with van der Waals surface area (Å²) in [5, 5.41) is 0. The fourth-order valence-electron chi connectivity index (χ4n) is 5.55. The molecule has 0 radical (unpaired) electrons. The normalized spacial score (nSPS) is 14.1. The van der Waals surface area contributed by atoms with Gasteiger partial charge in [0.15, 0.2) is 6.10 Å². The average molecular weight is 782 g/mol. The van der Waals surface area contributed by atoms with Gasteiger partial charge in [-0.1, -0.05) is 165 Å². The van der Waals surface area contributed by atoms with Gasteiger partial charge in [0.2, 0.25) is 0 Å². The number of carbonyl (C=O) groups excluding carboxylic acids is 2. The molecule has 314 valence electrons. The van der Waals surface area contributed by atoms with Gasteiger partial charge in [-0.05, 0) is 38.5 Å². The lowest BCUT2D eigenvalue weighted by molar-refractivity contribution is -0.870. The van der Waals surface area contributed by atoms with E-state index >= 15 is 0 Å². The largest absolute Gasteiger partial charge is 0.756 e. The van der Waals surface area contributed by atoms with E-state index in [0.29, 0.717) is 17.4 Å². The molecule has 0 aliphatic rings. The molecule has 0 spiro atoms. The number of likely N-dealkylation sites (N-methyl/N-ethyl adjacent to an activating group) is 1. The zero-order chi connectivity index (χ0) is 40.0. The number of ether oxygens (including phenoxy) is 2. The lowest BCUT2D eigenvalue weighted by Gasteiger charge is -2.28. The third kappa shape index (κ3) is 39.7. The third-order valence-electron chi connectivity index (χ3n) is 8.88. The van der Waals surface area contributed by atoms with E-state index in [1.807, 2.05) is 33.3 Å². The number of quaternary nitrogens is 1. The summed E-state index contributed by atoms with van der Waals surface area (Å²) >= 11 is 0. The van der Waals surface area contributed by atoms with Crippen molar-refractivity contribution in [3.05, 3.63) is 48.6 Å². The van der Waals surface area contributed by atoms with E-state index in [9.17, 15) is 19.0 Å². The van der Waals surface area contributed by atoms with Gasteiger partial charge in [-0.25, -0.2) is 0 Å². The second-order valence-corrected chi connectivity index (χ2v) is 16.7. The molecule has 0 aromatic rings. The molecule has 0 aromatic carbocycles. The Morgan fingerprint density at radius 2 is 1.06 bits per heavy atom. The van der Waals surface area contributed by atoms with Crippen LogP contribution in [0.3, 0.4) is 0 Å². The summed E-state index contributed by atoms with van der Waals surface area (Å²) < 4.78 is 33.7. The van der Waals surface area contributed by atoms with Crippen LogP contribution >= 0.6 is 7.82 Å². The highest BCUT2D eigenvalue weighted by Crippen LogP contribution is 2.38. The maximum atomic E-state index is 12.6. The van der Waals surface area contributed by atoms with Gasteiger partial charge in [0.25, 0.3) is 7.82 Å². The molecular weight excluding hydrogens is 701 g/mol. The summed E-state index contributed by atoms with van der Waals surface area (Å²) in [6.07, 6.45) is 41.6. The Morgan fingerprint density at radius 3 is 1.54 bits per heavy atom. The summed E-state index contributed by atoms with van der Waals surface area (Å²) in [5.74, 6) is -0.928. The molecule has 0 amide bonds. The van der Waals surface area contributed by atoms with Crippen molar-refractivity contribution in [1.82, 2.24) is 0 Å². The van der Waals surface area contributed by atoms with Crippen LogP contribution in [0.4, 0.5) is 0 Å². The highest BCUT2D eigenvalue weighted by atomic mass is 31.2. The predicted molar refractivity (Wildman–Crippen MR) is 222 cm³/mol. The minimum Gasteiger partial charge on any atom is -0.756 e. The van der Waals surface area contributed by atoms with Crippen LogP contribution in [0, 0.1) is 0 Å². The number of rotatable bonds is 38. The van der Waals surface area contributed by atoms with Gasteiger partial charge in [0, 0.05) is 12.8 Å². The van der Waals surface area contributed by atoms with Gasteiger partial charge >= 0.3 is 11.9 Å². The number of allylic oxidation sites excluding steroid dienone is 8. The van der Waals surface area contributed by atoms with Crippen LogP contribution in [-0.4, -0.2) is 70.0 Å². The summed E-state index contributed by atoms with van der Waals surface area (Å²) in [4.78, 5) is 37.4. The first-order chi connectivity index (χ1) is 26.0. The fourth-order valence-corrected chi connectivity index (χ4v) is 6.28. The van der Waals surface area contributed by atoms with Gasteiger partial charge in [0.05, 0.1) is 27.7 Å². The van der Waals surface area contributed by atoms with E-state index in [1.165, 1.54) is 89.9 Å². The highest BCUT2D eigenvalue weighted by molar-refractivity contribution is 7.45. The van der Waals surface area contributed by atoms with E-state index in [-0.39, 0.29) is 26.1 Å². The lowest BCUT2D eigenvalue weighted by Crippen LogP contribution is -2.37. The first-order valence-electron chi connectivity index (χ1n) is 21.3. The van der Waals surface area contributed by atoms with Gasteiger partial charge in [-0.2, -0.15) is 0 Å². The number of hydrogen-bond donors (Lipinski definition) is 0. The average Bonchev–Trinajstić information content (AvgIpc) is 3.12.